The number of carbonyl (C=O) groups excluding carboxylic acids is 1. The summed E-state index contributed by atoms with van der Waals surface area (Å²) in [6.07, 6.45) is 3.16. The zero-order valence-corrected chi connectivity index (χ0v) is 16.1. The zero-order valence-electron chi connectivity index (χ0n) is 16.1. The van der Waals surface area contributed by atoms with Crippen LogP contribution in [0.15, 0.2) is 24.3 Å². The first kappa shape index (κ1) is 18.2. The molecule has 2 saturated heterocycles. The van der Waals surface area contributed by atoms with Crippen molar-refractivity contribution < 1.29 is 9.90 Å². The molecule has 2 N–H and O–H groups in total. The number of aliphatic hydroxyl groups excluding tert-OH is 1. The zero-order chi connectivity index (χ0) is 19.0. The molecule has 2 aliphatic rings. The standard InChI is InChI=1S/C21H28N4O2/c1-14-20(23-15(2)22-14)16-7-6-8-17(11-16)21(27)25-12-18(19(26)13-25)24-9-4-3-5-10-24/h6-8,11,18-19,26H,3-5,9-10,12-13H2,1-2H3,(H,22,23)/t18-,19-/m0/s1. The molecule has 0 unspecified atom stereocenters. The summed E-state index contributed by atoms with van der Waals surface area (Å²) >= 11 is 0. The van der Waals surface area contributed by atoms with Crippen LogP contribution in [0.4, 0.5) is 0 Å². The number of aromatic amines is 1. The van der Waals surface area contributed by atoms with Crippen LogP contribution in [0.1, 0.15) is 41.1 Å². The summed E-state index contributed by atoms with van der Waals surface area (Å²) in [5.41, 5.74) is 3.47. The van der Waals surface area contributed by atoms with Crippen molar-refractivity contribution in [1.82, 2.24) is 19.8 Å². The molecule has 2 aliphatic heterocycles. The number of nitrogens with zero attached hydrogens (tertiary/aromatic N) is 3. The van der Waals surface area contributed by atoms with Gasteiger partial charge in [-0.3, -0.25) is 9.69 Å². The summed E-state index contributed by atoms with van der Waals surface area (Å²) < 4.78 is 0. The highest BCUT2D eigenvalue weighted by molar-refractivity contribution is 5.95. The number of aliphatic hydroxyl groups is 1. The third kappa shape index (κ3) is 3.64. The number of hydrogen-bond donors (Lipinski definition) is 2. The van der Waals surface area contributed by atoms with Gasteiger partial charge in [0.1, 0.15) is 5.82 Å². The molecule has 0 aliphatic carbocycles. The van der Waals surface area contributed by atoms with Gasteiger partial charge in [0, 0.05) is 29.9 Å². The number of piperidine rings is 1. The first-order valence-electron chi connectivity index (χ1n) is 9.88. The van der Waals surface area contributed by atoms with Crippen molar-refractivity contribution >= 4 is 5.91 Å². The molecule has 27 heavy (non-hydrogen) atoms. The number of benzene rings is 1. The molecule has 144 valence electrons. The van der Waals surface area contributed by atoms with Gasteiger partial charge in [0.05, 0.1) is 17.8 Å². The van der Waals surface area contributed by atoms with Gasteiger partial charge >= 0.3 is 0 Å². The van der Waals surface area contributed by atoms with Crippen LogP contribution < -0.4 is 0 Å². The number of H-pyrrole nitrogens is 1. The van der Waals surface area contributed by atoms with E-state index in [1.165, 1.54) is 19.3 Å². The molecule has 2 aromatic rings. The van der Waals surface area contributed by atoms with Crippen molar-refractivity contribution in [3.63, 3.8) is 0 Å². The minimum atomic E-state index is -0.466. The first-order chi connectivity index (χ1) is 13.0. The second kappa shape index (κ2) is 7.44. The minimum absolute atomic E-state index is 0.0136. The van der Waals surface area contributed by atoms with E-state index in [0.29, 0.717) is 18.7 Å². The first-order valence-corrected chi connectivity index (χ1v) is 9.88. The molecule has 0 spiro atoms. The van der Waals surface area contributed by atoms with Crippen molar-refractivity contribution in [3.05, 3.63) is 41.3 Å². The smallest absolute Gasteiger partial charge is 0.254 e. The lowest BCUT2D eigenvalue weighted by Gasteiger charge is -2.33. The number of rotatable bonds is 3. The normalized spacial score (nSPS) is 23.7. The van der Waals surface area contributed by atoms with Crippen LogP contribution in [0.2, 0.25) is 0 Å². The van der Waals surface area contributed by atoms with E-state index >= 15 is 0 Å². The Bertz CT molecular complexity index is 825. The molecule has 6 heteroatoms. The van der Waals surface area contributed by atoms with E-state index in [9.17, 15) is 9.90 Å². The maximum absolute atomic E-state index is 13.1. The van der Waals surface area contributed by atoms with E-state index in [-0.39, 0.29) is 11.9 Å². The lowest BCUT2D eigenvalue weighted by molar-refractivity contribution is 0.0702. The molecular weight excluding hydrogens is 340 g/mol. The van der Waals surface area contributed by atoms with E-state index in [2.05, 4.69) is 14.9 Å². The van der Waals surface area contributed by atoms with Crippen LogP contribution >= 0.6 is 0 Å². The lowest BCUT2D eigenvalue weighted by atomic mass is 10.1. The molecule has 2 atom stereocenters. The maximum Gasteiger partial charge on any atom is 0.254 e. The van der Waals surface area contributed by atoms with E-state index in [0.717, 1.165) is 35.9 Å². The van der Waals surface area contributed by atoms with E-state index in [4.69, 9.17) is 0 Å². The van der Waals surface area contributed by atoms with Crippen LogP contribution in [-0.2, 0) is 0 Å². The maximum atomic E-state index is 13.1. The topological polar surface area (TPSA) is 72.5 Å². The van der Waals surface area contributed by atoms with Crippen molar-refractivity contribution in [2.75, 3.05) is 26.2 Å². The van der Waals surface area contributed by atoms with Crippen LogP contribution in [0, 0.1) is 13.8 Å². The van der Waals surface area contributed by atoms with Crippen LogP contribution in [0.5, 0.6) is 0 Å². The number of aryl methyl sites for hydroxylation is 2. The third-order valence-electron chi connectivity index (χ3n) is 5.79. The second-order valence-corrected chi connectivity index (χ2v) is 7.82. The molecule has 3 heterocycles. The highest BCUT2D eigenvalue weighted by atomic mass is 16.3. The molecule has 1 amide bonds. The molecular formula is C21H28N4O2. The van der Waals surface area contributed by atoms with Crippen molar-refractivity contribution in [1.29, 1.82) is 0 Å². The van der Waals surface area contributed by atoms with Gasteiger partial charge in [0.25, 0.3) is 5.91 Å². The average molecular weight is 368 g/mol. The SMILES string of the molecule is Cc1nc(-c2cccc(C(=O)N3C[C@H](O)[C@@H](N4CCCCC4)C3)c2)c(C)[nH]1. The Morgan fingerprint density at radius 2 is 1.96 bits per heavy atom. The number of likely N-dealkylation sites (tertiary alicyclic amines) is 2. The summed E-state index contributed by atoms with van der Waals surface area (Å²) in [6.45, 7) is 6.98. The fraction of sp³-hybridized carbons (Fsp3) is 0.524. The number of hydrogen-bond acceptors (Lipinski definition) is 4. The van der Waals surface area contributed by atoms with Crippen molar-refractivity contribution in [3.8, 4) is 11.3 Å². The summed E-state index contributed by atoms with van der Waals surface area (Å²) in [7, 11) is 0. The molecule has 4 rings (SSSR count). The van der Waals surface area contributed by atoms with Crippen LogP contribution in [0.25, 0.3) is 11.3 Å². The van der Waals surface area contributed by atoms with E-state index < -0.39 is 6.10 Å². The van der Waals surface area contributed by atoms with Gasteiger partial charge in [-0.1, -0.05) is 18.6 Å². The lowest BCUT2D eigenvalue weighted by Crippen LogP contribution is -2.46. The number of β-amino-alcohol motifs (C(OH)–C–C–N with tert-alkyl or cyclic N) is 1. The second-order valence-electron chi connectivity index (χ2n) is 7.82. The molecule has 0 radical (unpaired) electrons. The van der Waals surface area contributed by atoms with Crippen LogP contribution in [0.3, 0.4) is 0 Å². The van der Waals surface area contributed by atoms with Crippen LogP contribution in [-0.4, -0.2) is 69.1 Å². The van der Waals surface area contributed by atoms with Gasteiger partial charge in [-0.25, -0.2) is 4.98 Å². The monoisotopic (exact) mass is 368 g/mol. The Morgan fingerprint density at radius 1 is 1.19 bits per heavy atom. The Balaban J connectivity index is 1.51. The number of carbonyl (C=O) groups is 1. The molecule has 6 nitrogen and oxygen atoms in total. The number of imidazole rings is 1. The fourth-order valence-electron chi connectivity index (χ4n) is 4.42. The summed E-state index contributed by atoms with van der Waals surface area (Å²) in [6, 6.07) is 7.70. The molecule has 1 aromatic carbocycles. The molecule has 0 bridgehead atoms. The predicted octanol–water partition coefficient (Wildman–Crippen LogP) is 2.36. The number of aromatic nitrogens is 2. The van der Waals surface area contributed by atoms with Gasteiger partial charge in [-0.2, -0.15) is 0 Å². The summed E-state index contributed by atoms with van der Waals surface area (Å²) in [5, 5.41) is 10.5. The summed E-state index contributed by atoms with van der Waals surface area (Å²) in [5.74, 6) is 0.853. The Labute approximate surface area is 160 Å². The van der Waals surface area contributed by atoms with Crippen molar-refractivity contribution in [2.45, 2.75) is 45.3 Å². The van der Waals surface area contributed by atoms with Crippen molar-refractivity contribution in [2.24, 2.45) is 0 Å². The Morgan fingerprint density at radius 3 is 2.67 bits per heavy atom. The van der Waals surface area contributed by atoms with Gasteiger partial charge in [-0.05, 0) is 51.9 Å². The largest absolute Gasteiger partial charge is 0.390 e. The highest BCUT2D eigenvalue weighted by Crippen LogP contribution is 2.25. The third-order valence-corrected chi connectivity index (χ3v) is 5.79. The fourth-order valence-corrected chi connectivity index (χ4v) is 4.42. The Hall–Kier alpha value is -2.18. The predicted molar refractivity (Wildman–Crippen MR) is 105 cm³/mol. The van der Waals surface area contributed by atoms with Gasteiger partial charge in [0.2, 0.25) is 0 Å². The van der Waals surface area contributed by atoms with Gasteiger partial charge in [0.15, 0.2) is 0 Å². The number of amides is 1. The van der Waals surface area contributed by atoms with E-state index in [1.807, 2.05) is 38.1 Å². The minimum Gasteiger partial charge on any atom is -0.390 e. The molecule has 1 aromatic heterocycles. The van der Waals surface area contributed by atoms with Gasteiger partial charge in [-0.15, -0.1) is 0 Å². The Kier molecular flexibility index (Phi) is 5.02. The van der Waals surface area contributed by atoms with E-state index in [1.54, 1.807) is 4.90 Å². The number of nitrogens with one attached hydrogen (secondary N) is 1. The molecule has 2 fully saturated rings. The molecule has 0 saturated carbocycles. The van der Waals surface area contributed by atoms with Gasteiger partial charge < -0.3 is 15.0 Å². The highest BCUT2D eigenvalue weighted by Gasteiger charge is 2.38. The average Bonchev–Trinajstić information content (AvgIpc) is 3.23. The quantitative estimate of drug-likeness (QED) is 0.872. The summed E-state index contributed by atoms with van der Waals surface area (Å²) in [4.78, 5) is 25.0.